The molecular formula is C11H16N2O. The monoisotopic (exact) mass is 192 g/mol. The fourth-order valence-electron chi connectivity index (χ4n) is 1.30. The Hall–Kier alpha value is -1.35. The fourth-order valence-corrected chi connectivity index (χ4v) is 1.30. The van der Waals surface area contributed by atoms with Crippen molar-refractivity contribution in [2.24, 2.45) is 5.73 Å². The van der Waals surface area contributed by atoms with Gasteiger partial charge in [0, 0.05) is 6.04 Å². The van der Waals surface area contributed by atoms with E-state index in [1.807, 2.05) is 37.3 Å². The van der Waals surface area contributed by atoms with Gasteiger partial charge in [-0.05, 0) is 19.4 Å². The highest BCUT2D eigenvalue weighted by Gasteiger charge is 2.12. The maximum atomic E-state index is 10.8. The molecule has 0 aliphatic rings. The standard InChI is InChI=1S/C11H16N2O/c1-8(13-9(2)11(12)14)10-6-4-3-5-7-10/h3-9,13H,1-2H3,(H2,12,14)/t8-,9?/m0/s1. The molecule has 0 aliphatic heterocycles. The summed E-state index contributed by atoms with van der Waals surface area (Å²) in [4.78, 5) is 10.8. The lowest BCUT2D eigenvalue weighted by atomic mass is 10.1. The van der Waals surface area contributed by atoms with Gasteiger partial charge in [-0.1, -0.05) is 30.3 Å². The van der Waals surface area contributed by atoms with Gasteiger partial charge in [-0.15, -0.1) is 0 Å². The minimum Gasteiger partial charge on any atom is -0.368 e. The summed E-state index contributed by atoms with van der Waals surface area (Å²) in [6.45, 7) is 3.77. The van der Waals surface area contributed by atoms with Gasteiger partial charge in [0.05, 0.1) is 6.04 Å². The lowest BCUT2D eigenvalue weighted by Crippen LogP contribution is -2.39. The van der Waals surface area contributed by atoms with Crippen LogP contribution in [0.3, 0.4) is 0 Å². The van der Waals surface area contributed by atoms with Crippen LogP contribution in [-0.2, 0) is 4.79 Å². The molecule has 3 heteroatoms. The van der Waals surface area contributed by atoms with Crippen molar-refractivity contribution in [3.63, 3.8) is 0 Å². The zero-order chi connectivity index (χ0) is 10.6. The number of carbonyl (C=O) groups is 1. The van der Waals surface area contributed by atoms with Crippen molar-refractivity contribution in [1.29, 1.82) is 0 Å². The number of primary amides is 1. The zero-order valence-electron chi connectivity index (χ0n) is 8.53. The van der Waals surface area contributed by atoms with Crippen LogP contribution in [0.5, 0.6) is 0 Å². The Labute approximate surface area is 84.3 Å². The number of nitrogens with one attached hydrogen (secondary N) is 1. The van der Waals surface area contributed by atoms with Crippen molar-refractivity contribution in [2.45, 2.75) is 25.9 Å². The van der Waals surface area contributed by atoms with E-state index in [4.69, 9.17) is 5.73 Å². The molecule has 0 saturated carbocycles. The van der Waals surface area contributed by atoms with E-state index in [0.717, 1.165) is 5.56 Å². The Kier molecular flexibility index (Phi) is 3.65. The molecule has 76 valence electrons. The molecule has 1 rings (SSSR count). The van der Waals surface area contributed by atoms with E-state index in [1.165, 1.54) is 0 Å². The summed E-state index contributed by atoms with van der Waals surface area (Å²) in [7, 11) is 0. The van der Waals surface area contributed by atoms with Gasteiger partial charge < -0.3 is 5.73 Å². The molecule has 3 nitrogen and oxygen atoms in total. The van der Waals surface area contributed by atoms with Crippen molar-refractivity contribution >= 4 is 5.91 Å². The second-order valence-corrected chi connectivity index (χ2v) is 3.42. The highest BCUT2D eigenvalue weighted by Crippen LogP contribution is 2.11. The highest BCUT2D eigenvalue weighted by atomic mass is 16.1. The van der Waals surface area contributed by atoms with Crippen LogP contribution in [0.1, 0.15) is 25.5 Å². The van der Waals surface area contributed by atoms with Crippen molar-refractivity contribution < 1.29 is 4.79 Å². The number of benzene rings is 1. The average Bonchev–Trinajstić information content (AvgIpc) is 2.19. The Bertz CT molecular complexity index is 297. The average molecular weight is 192 g/mol. The number of nitrogens with two attached hydrogens (primary N) is 1. The summed E-state index contributed by atoms with van der Waals surface area (Å²) in [5, 5.41) is 3.12. The van der Waals surface area contributed by atoms with Crippen LogP contribution in [-0.4, -0.2) is 11.9 Å². The lowest BCUT2D eigenvalue weighted by molar-refractivity contribution is -0.119. The van der Waals surface area contributed by atoms with Gasteiger partial charge in [-0.25, -0.2) is 0 Å². The number of carbonyl (C=O) groups excluding carboxylic acids is 1. The predicted octanol–water partition coefficient (Wildman–Crippen LogP) is 1.21. The minimum absolute atomic E-state index is 0.138. The summed E-state index contributed by atoms with van der Waals surface area (Å²) in [5.74, 6) is -0.326. The van der Waals surface area contributed by atoms with Gasteiger partial charge in [0.1, 0.15) is 0 Å². The molecule has 0 spiro atoms. The Morgan fingerprint density at radius 1 is 1.29 bits per heavy atom. The first kappa shape index (κ1) is 10.7. The normalized spacial score (nSPS) is 14.7. The maximum absolute atomic E-state index is 10.8. The number of amides is 1. The van der Waals surface area contributed by atoms with E-state index >= 15 is 0 Å². The maximum Gasteiger partial charge on any atom is 0.234 e. The first-order chi connectivity index (χ1) is 6.61. The fraction of sp³-hybridized carbons (Fsp3) is 0.364. The third-order valence-electron chi connectivity index (χ3n) is 2.23. The van der Waals surface area contributed by atoms with E-state index in [-0.39, 0.29) is 18.0 Å². The topological polar surface area (TPSA) is 55.1 Å². The second-order valence-electron chi connectivity index (χ2n) is 3.42. The molecule has 0 radical (unpaired) electrons. The van der Waals surface area contributed by atoms with E-state index in [9.17, 15) is 4.79 Å². The summed E-state index contributed by atoms with van der Waals surface area (Å²) >= 11 is 0. The van der Waals surface area contributed by atoms with Crippen LogP contribution in [0.15, 0.2) is 30.3 Å². The molecule has 3 N–H and O–H groups in total. The SMILES string of the molecule is CC(N[C@@H](C)c1ccccc1)C(N)=O. The molecule has 0 aromatic heterocycles. The molecule has 0 saturated heterocycles. The van der Waals surface area contributed by atoms with Crippen LogP contribution in [0.2, 0.25) is 0 Å². The summed E-state index contributed by atoms with van der Waals surface area (Å²) in [6, 6.07) is 9.79. The molecule has 1 aromatic rings. The molecule has 1 aromatic carbocycles. The largest absolute Gasteiger partial charge is 0.368 e. The van der Waals surface area contributed by atoms with Crippen LogP contribution < -0.4 is 11.1 Å². The first-order valence-corrected chi connectivity index (χ1v) is 4.71. The second kappa shape index (κ2) is 4.77. The van der Waals surface area contributed by atoms with Crippen molar-refractivity contribution in [2.75, 3.05) is 0 Å². The van der Waals surface area contributed by atoms with Gasteiger partial charge in [-0.3, -0.25) is 10.1 Å². The van der Waals surface area contributed by atoms with Crippen molar-refractivity contribution in [1.82, 2.24) is 5.32 Å². The number of rotatable bonds is 4. The van der Waals surface area contributed by atoms with Crippen LogP contribution in [0.4, 0.5) is 0 Å². The van der Waals surface area contributed by atoms with Gasteiger partial charge in [0.25, 0.3) is 0 Å². The third-order valence-corrected chi connectivity index (χ3v) is 2.23. The molecule has 0 heterocycles. The highest BCUT2D eigenvalue weighted by molar-refractivity contribution is 5.79. The van der Waals surface area contributed by atoms with E-state index in [2.05, 4.69) is 5.32 Å². The van der Waals surface area contributed by atoms with E-state index in [1.54, 1.807) is 6.92 Å². The molecule has 0 bridgehead atoms. The van der Waals surface area contributed by atoms with Crippen LogP contribution in [0.25, 0.3) is 0 Å². The minimum atomic E-state index is -0.326. The van der Waals surface area contributed by atoms with Gasteiger partial charge in [0.15, 0.2) is 0 Å². The Morgan fingerprint density at radius 3 is 2.36 bits per heavy atom. The van der Waals surface area contributed by atoms with Gasteiger partial charge in [-0.2, -0.15) is 0 Å². The molecule has 1 amide bonds. The Morgan fingerprint density at radius 2 is 1.86 bits per heavy atom. The predicted molar refractivity (Wildman–Crippen MR) is 56.6 cm³/mol. The summed E-state index contributed by atoms with van der Waals surface area (Å²) in [5.41, 5.74) is 6.31. The number of hydrogen-bond donors (Lipinski definition) is 2. The summed E-state index contributed by atoms with van der Waals surface area (Å²) in [6.07, 6.45) is 0. The quantitative estimate of drug-likeness (QED) is 0.753. The van der Waals surface area contributed by atoms with E-state index < -0.39 is 0 Å². The van der Waals surface area contributed by atoms with Gasteiger partial charge >= 0.3 is 0 Å². The van der Waals surface area contributed by atoms with Crippen LogP contribution in [0, 0.1) is 0 Å². The van der Waals surface area contributed by atoms with Crippen molar-refractivity contribution in [3.05, 3.63) is 35.9 Å². The molecule has 2 atom stereocenters. The van der Waals surface area contributed by atoms with Crippen molar-refractivity contribution in [3.8, 4) is 0 Å². The molecule has 0 aliphatic carbocycles. The smallest absolute Gasteiger partial charge is 0.234 e. The van der Waals surface area contributed by atoms with E-state index in [0.29, 0.717) is 0 Å². The molecule has 14 heavy (non-hydrogen) atoms. The lowest BCUT2D eigenvalue weighted by Gasteiger charge is -2.17. The summed E-state index contributed by atoms with van der Waals surface area (Å²) < 4.78 is 0. The molecular weight excluding hydrogens is 176 g/mol. The van der Waals surface area contributed by atoms with Gasteiger partial charge in [0.2, 0.25) is 5.91 Å². The zero-order valence-corrected chi connectivity index (χ0v) is 8.53. The Balaban J connectivity index is 2.59. The first-order valence-electron chi connectivity index (χ1n) is 4.71. The molecule has 1 unspecified atom stereocenters. The van der Waals surface area contributed by atoms with Crippen LogP contribution >= 0.6 is 0 Å². The molecule has 0 fully saturated rings. The number of hydrogen-bond acceptors (Lipinski definition) is 2. The third kappa shape index (κ3) is 2.85.